The van der Waals surface area contributed by atoms with Crippen molar-refractivity contribution >= 4 is 17.5 Å². The number of carbonyl (C=O) groups excluding carboxylic acids is 2. The first-order valence-electron chi connectivity index (χ1n) is 9.12. The minimum absolute atomic E-state index is 0.0881. The number of benzene rings is 2. The highest BCUT2D eigenvalue weighted by Crippen LogP contribution is 2.21. The lowest BCUT2D eigenvalue weighted by Gasteiger charge is -2.32. The van der Waals surface area contributed by atoms with Crippen LogP contribution in [0.3, 0.4) is 0 Å². The van der Waals surface area contributed by atoms with Crippen LogP contribution in [0.4, 0.5) is 14.5 Å². The van der Waals surface area contributed by atoms with Crippen LogP contribution in [0.1, 0.15) is 35.7 Å². The second kappa shape index (κ2) is 8.29. The van der Waals surface area contributed by atoms with Gasteiger partial charge in [0.05, 0.1) is 5.92 Å². The molecule has 6 heteroatoms. The normalized spacial score (nSPS) is 16.9. The Bertz CT molecular complexity index is 837. The van der Waals surface area contributed by atoms with E-state index in [1.165, 1.54) is 16.5 Å². The van der Waals surface area contributed by atoms with Gasteiger partial charge < -0.3 is 10.2 Å². The van der Waals surface area contributed by atoms with Gasteiger partial charge in [-0.15, -0.1) is 0 Å². The molecular weight excluding hydrogens is 350 g/mol. The number of likely N-dealkylation sites (tertiary alicyclic amines) is 1. The van der Waals surface area contributed by atoms with E-state index in [2.05, 4.69) is 12.2 Å². The molecule has 1 heterocycles. The zero-order valence-corrected chi connectivity index (χ0v) is 15.2. The van der Waals surface area contributed by atoms with Crippen LogP contribution in [0.5, 0.6) is 0 Å². The average molecular weight is 372 g/mol. The van der Waals surface area contributed by atoms with Crippen LogP contribution in [-0.2, 0) is 11.2 Å². The highest BCUT2D eigenvalue weighted by Gasteiger charge is 2.29. The zero-order valence-electron chi connectivity index (χ0n) is 15.2. The Morgan fingerprint density at radius 3 is 2.52 bits per heavy atom. The van der Waals surface area contributed by atoms with Crippen molar-refractivity contribution in [3.05, 3.63) is 65.2 Å². The standard InChI is InChI=1S/C21H22F2N2O2/c1-2-14-5-8-17(9-6-14)24-20(26)16-4-3-11-25(13-16)21(27)15-7-10-18(22)19(23)12-15/h5-10,12,16H,2-4,11,13H2,1H3,(H,24,26)/t16-/m1/s1. The van der Waals surface area contributed by atoms with E-state index in [1.807, 2.05) is 24.3 Å². The number of amides is 2. The van der Waals surface area contributed by atoms with Crippen LogP contribution >= 0.6 is 0 Å². The maximum atomic E-state index is 13.4. The van der Waals surface area contributed by atoms with Crippen LogP contribution in [0.25, 0.3) is 0 Å². The van der Waals surface area contributed by atoms with E-state index in [9.17, 15) is 18.4 Å². The van der Waals surface area contributed by atoms with Gasteiger partial charge in [-0.05, 0) is 55.2 Å². The molecule has 0 radical (unpaired) electrons. The third kappa shape index (κ3) is 4.51. The monoisotopic (exact) mass is 372 g/mol. The summed E-state index contributed by atoms with van der Waals surface area (Å²) >= 11 is 0. The molecule has 0 aromatic heterocycles. The summed E-state index contributed by atoms with van der Waals surface area (Å²) in [5.74, 6) is -2.90. The molecule has 0 spiro atoms. The zero-order chi connectivity index (χ0) is 19.4. The van der Waals surface area contributed by atoms with Gasteiger partial charge in [-0.3, -0.25) is 9.59 Å². The Balaban J connectivity index is 1.64. The Morgan fingerprint density at radius 1 is 1.11 bits per heavy atom. The molecule has 27 heavy (non-hydrogen) atoms. The number of hydrogen-bond donors (Lipinski definition) is 1. The van der Waals surface area contributed by atoms with Crippen LogP contribution < -0.4 is 5.32 Å². The molecule has 0 aliphatic carbocycles. The predicted molar refractivity (Wildman–Crippen MR) is 99.4 cm³/mol. The van der Waals surface area contributed by atoms with Gasteiger partial charge in [0, 0.05) is 24.3 Å². The van der Waals surface area contributed by atoms with Gasteiger partial charge in [-0.25, -0.2) is 8.78 Å². The van der Waals surface area contributed by atoms with E-state index in [4.69, 9.17) is 0 Å². The lowest BCUT2D eigenvalue weighted by atomic mass is 9.96. The van der Waals surface area contributed by atoms with Crippen molar-refractivity contribution < 1.29 is 18.4 Å². The fraction of sp³-hybridized carbons (Fsp3) is 0.333. The molecule has 2 aromatic rings. The van der Waals surface area contributed by atoms with Crippen molar-refractivity contribution in [1.82, 2.24) is 4.90 Å². The summed E-state index contributed by atoms with van der Waals surface area (Å²) in [7, 11) is 0. The smallest absolute Gasteiger partial charge is 0.253 e. The molecule has 1 atom stereocenters. The lowest BCUT2D eigenvalue weighted by molar-refractivity contribution is -0.121. The van der Waals surface area contributed by atoms with E-state index in [0.29, 0.717) is 19.4 Å². The molecule has 2 amide bonds. The summed E-state index contributed by atoms with van der Waals surface area (Å²) in [5.41, 5.74) is 2.00. The molecule has 1 N–H and O–H groups in total. The molecule has 142 valence electrons. The molecule has 0 unspecified atom stereocenters. The van der Waals surface area contributed by atoms with Crippen molar-refractivity contribution in [2.45, 2.75) is 26.2 Å². The van der Waals surface area contributed by atoms with Gasteiger partial charge >= 0.3 is 0 Å². The first-order chi connectivity index (χ1) is 13.0. The first-order valence-corrected chi connectivity index (χ1v) is 9.12. The van der Waals surface area contributed by atoms with Crippen LogP contribution in [0.2, 0.25) is 0 Å². The highest BCUT2D eigenvalue weighted by molar-refractivity contribution is 5.96. The molecule has 0 saturated carbocycles. The third-order valence-electron chi connectivity index (χ3n) is 4.88. The number of anilines is 1. The maximum Gasteiger partial charge on any atom is 0.253 e. The Kier molecular flexibility index (Phi) is 5.84. The fourth-order valence-corrected chi connectivity index (χ4v) is 3.26. The van der Waals surface area contributed by atoms with Gasteiger partial charge in [0.2, 0.25) is 5.91 Å². The third-order valence-corrected chi connectivity index (χ3v) is 4.88. The minimum atomic E-state index is -1.05. The summed E-state index contributed by atoms with van der Waals surface area (Å²) in [6.07, 6.45) is 2.29. The summed E-state index contributed by atoms with van der Waals surface area (Å²) in [5, 5.41) is 2.89. The molecule has 3 rings (SSSR count). The molecule has 0 bridgehead atoms. The van der Waals surface area contributed by atoms with Gasteiger partial charge in [0.1, 0.15) is 0 Å². The van der Waals surface area contributed by atoms with Gasteiger partial charge in [-0.1, -0.05) is 19.1 Å². The summed E-state index contributed by atoms with van der Waals surface area (Å²) < 4.78 is 26.5. The quantitative estimate of drug-likeness (QED) is 0.881. The van der Waals surface area contributed by atoms with Crippen molar-refractivity contribution in [2.75, 3.05) is 18.4 Å². The second-order valence-corrected chi connectivity index (χ2v) is 6.76. The number of aryl methyl sites for hydroxylation is 1. The summed E-state index contributed by atoms with van der Waals surface area (Å²) in [6.45, 7) is 2.82. The van der Waals surface area contributed by atoms with E-state index >= 15 is 0 Å². The number of hydrogen-bond acceptors (Lipinski definition) is 2. The number of piperidine rings is 1. The van der Waals surface area contributed by atoms with Crippen LogP contribution in [-0.4, -0.2) is 29.8 Å². The Labute approximate surface area is 157 Å². The predicted octanol–water partition coefficient (Wildman–Crippen LogP) is 4.02. The van der Waals surface area contributed by atoms with E-state index in [1.54, 1.807) is 0 Å². The minimum Gasteiger partial charge on any atom is -0.338 e. The largest absolute Gasteiger partial charge is 0.338 e. The second-order valence-electron chi connectivity index (χ2n) is 6.76. The Hall–Kier alpha value is -2.76. The fourth-order valence-electron chi connectivity index (χ4n) is 3.26. The molecular formula is C21H22F2N2O2. The number of carbonyl (C=O) groups is 2. The number of nitrogens with one attached hydrogen (secondary N) is 1. The van der Waals surface area contributed by atoms with Gasteiger partial charge in [0.25, 0.3) is 5.91 Å². The summed E-state index contributed by atoms with van der Waals surface area (Å²) in [4.78, 5) is 26.7. The van der Waals surface area contributed by atoms with Crippen molar-refractivity contribution in [2.24, 2.45) is 5.92 Å². The molecule has 2 aromatic carbocycles. The highest BCUT2D eigenvalue weighted by atomic mass is 19.2. The first kappa shape index (κ1) is 19.0. The van der Waals surface area contributed by atoms with Gasteiger partial charge in [0.15, 0.2) is 11.6 Å². The van der Waals surface area contributed by atoms with Crippen LogP contribution in [0.15, 0.2) is 42.5 Å². The van der Waals surface area contributed by atoms with Crippen molar-refractivity contribution in [3.8, 4) is 0 Å². The summed E-state index contributed by atoms with van der Waals surface area (Å²) in [6, 6.07) is 10.8. The number of nitrogens with zero attached hydrogens (tertiary/aromatic N) is 1. The molecule has 4 nitrogen and oxygen atoms in total. The van der Waals surface area contributed by atoms with E-state index in [0.717, 1.165) is 24.2 Å². The molecule has 1 saturated heterocycles. The van der Waals surface area contributed by atoms with E-state index in [-0.39, 0.29) is 23.9 Å². The Morgan fingerprint density at radius 2 is 1.85 bits per heavy atom. The molecule has 1 fully saturated rings. The lowest BCUT2D eigenvalue weighted by Crippen LogP contribution is -2.43. The van der Waals surface area contributed by atoms with Crippen molar-refractivity contribution in [3.63, 3.8) is 0 Å². The average Bonchev–Trinajstić information content (AvgIpc) is 2.70. The van der Waals surface area contributed by atoms with Gasteiger partial charge in [-0.2, -0.15) is 0 Å². The molecule has 1 aliphatic rings. The van der Waals surface area contributed by atoms with E-state index < -0.39 is 17.5 Å². The van der Waals surface area contributed by atoms with Crippen LogP contribution in [0, 0.1) is 17.6 Å². The molecule has 1 aliphatic heterocycles. The SMILES string of the molecule is CCc1ccc(NC(=O)[C@@H]2CCCN(C(=O)c3ccc(F)c(F)c3)C2)cc1. The number of halogens is 2. The number of rotatable bonds is 4. The topological polar surface area (TPSA) is 49.4 Å². The maximum absolute atomic E-state index is 13.4. The van der Waals surface area contributed by atoms with Crippen molar-refractivity contribution in [1.29, 1.82) is 0 Å².